The molecule has 0 spiro atoms. The highest BCUT2D eigenvalue weighted by Crippen LogP contribution is 2.31. The summed E-state index contributed by atoms with van der Waals surface area (Å²) in [6.45, 7) is 24.3. The molecule has 588 valence electrons. The molecule has 33 heteroatoms. The number of likely N-dealkylation sites (tertiary alicyclic amines) is 3. The number of aldehydes is 1. The third-order valence-corrected chi connectivity index (χ3v) is 17.0. The van der Waals surface area contributed by atoms with Gasteiger partial charge in [-0.25, -0.2) is 19.4 Å². The van der Waals surface area contributed by atoms with Crippen molar-refractivity contribution in [2.75, 3.05) is 91.4 Å². The van der Waals surface area contributed by atoms with Gasteiger partial charge in [0.1, 0.15) is 59.4 Å². The number of carboxylic acid groups (broad SMARTS) is 1. The summed E-state index contributed by atoms with van der Waals surface area (Å²) < 4.78 is 62.3. The van der Waals surface area contributed by atoms with Crippen LogP contribution in [-0.4, -0.2) is 186 Å². The Balaban J connectivity index is 0.000000278. The molecule has 2 aromatic carbocycles. The maximum absolute atomic E-state index is 12.7. The summed E-state index contributed by atoms with van der Waals surface area (Å²) >= 11 is 29.1. The monoisotopic (exact) mass is 1600 g/mol. The number of ether oxygens (including phenoxy) is 6. The van der Waals surface area contributed by atoms with E-state index in [2.05, 4.69) is 49.0 Å². The molecule has 6 N–H and O–H groups in total. The Morgan fingerprint density at radius 2 is 0.917 bits per heavy atom. The summed E-state index contributed by atoms with van der Waals surface area (Å²) in [6.07, 6.45) is 9.02. The first-order valence-electron chi connectivity index (χ1n) is 33.8. The number of anilines is 2. The summed E-state index contributed by atoms with van der Waals surface area (Å²) in [5, 5.41) is 19.5. The molecule has 0 saturated carbocycles. The van der Waals surface area contributed by atoms with Crippen LogP contribution in [0.1, 0.15) is 105 Å². The van der Waals surface area contributed by atoms with Crippen LogP contribution in [-0.2, 0) is 43.1 Å². The number of methoxy groups -OCH3 is 4. The van der Waals surface area contributed by atoms with Gasteiger partial charge in [-0.3, -0.25) is 34.1 Å². The first-order chi connectivity index (χ1) is 50.9. The van der Waals surface area contributed by atoms with E-state index in [1.165, 1.54) is 50.1 Å². The molecule has 108 heavy (non-hydrogen) atoms. The third kappa shape index (κ3) is 34.0. The van der Waals surface area contributed by atoms with E-state index in [0.29, 0.717) is 109 Å². The van der Waals surface area contributed by atoms with Crippen LogP contribution in [0.15, 0.2) is 123 Å². The number of nitrogens with two attached hydrogens (primary N) is 1. The Labute approximate surface area is 652 Å². The van der Waals surface area contributed by atoms with E-state index >= 15 is 0 Å². The lowest BCUT2D eigenvalue weighted by Gasteiger charge is -2.24. The van der Waals surface area contributed by atoms with Crippen molar-refractivity contribution in [2.24, 2.45) is 23.5 Å². The fourth-order valence-electron chi connectivity index (χ4n) is 10.4. The van der Waals surface area contributed by atoms with Crippen LogP contribution in [0.4, 0.5) is 34.1 Å². The van der Waals surface area contributed by atoms with Crippen molar-refractivity contribution >= 4 is 112 Å². The number of pyridine rings is 4. The molecule has 4 atom stereocenters. The molecule has 0 unspecified atom stereocenters. The number of carbonyl (C=O) groups excluding carboxylic acids is 6. The van der Waals surface area contributed by atoms with Crippen LogP contribution in [0.3, 0.4) is 0 Å². The summed E-state index contributed by atoms with van der Waals surface area (Å²) in [5.41, 5.74) is 9.65. The van der Waals surface area contributed by atoms with Crippen molar-refractivity contribution in [3.05, 3.63) is 176 Å². The predicted octanol–water partition coefficient (Wildman–Crippen LogP) is 14.6. The SMILES string of the molecule is C=CC(=O)Nc1ccc(C(=O)N2CC[C@@H](Cc3cc(OC)c(Cl)cn3)C2)cc1.C=CC(=O)Nc1ccc(C(=O)O)cc1.CC(C)(C)OC(=O)N1CC[C@@H](N)C1.COc1cc(C[C@@H]2CCN(C(=O)OC(C)(C)C)C2)ncc1Cl.COc1cc(C[C@@H]2CCNC2)ncc1Cl.COc1cc(Cl)ncc1Cl.O=CC(F)(F)F. The maximum atomic E-state index is 12.7. The molecule has 4 fully saturated rings. The Morgan fingerprint density at radius 1 is 0.556 bits per heavy atom. The lowest BCUT2D eigenvalue weighted by Crippen LogP contribution is -2.36. The van der Waals surface area contributed by atoms with Crippen LogP contribution < -0.4 is 40.6 Å². The number of nitrogens with zero attached hydrogens (tertiary/aromatic N) is 7. The highest BCUT2D eigenvalue weighted by Gasteiger charge is 2.32. The minimum Gasteiger partial charge on any atom is -0.495 e. The topological polar surface area (TPSA) is 318 Å². The number of amides is 5. The number of rotatable bonds is 16. The van der Waals surface area contributed by atoms with Gasteiger partial charge in [-0.05, 0) is 178 Å². The van der Waals surface area contributed by atoms with Crippen molar-refractivity contribution in [2.45, 2.75) is 110 Å². The van der Waals surface area contributed by atoms with Gasteiger partial charge in [0.25, 0.3) is 5.91 Å². The van der Waals surface area contributed by atoms with Crippen LogP contribution in [0.5, 0.6) is 23.0 Å². The number of aromatic carboxylic acids is 1. The molecule has 5 amide bonds. The predicted molar refractivity (Wildman–Crippen MR) is 410 cm³/mol. The molecule has 4 aromatic heterocycles. The van der Waals surface area contributed by atoms with E-state index in [0.717, 1.165) is 87.9 Å². The fourth-order valence-corrected chi connectivity index (χ4v) is 11.3. The molecule has 0 aliphatic carbocycles. The zero-order chi connectivity index (χ0) is 80.5. The summed E-state index contributed by atoms with van der Waals surface area (Å²) in [5.74, 6) is 2.31. The standard InChI is InChI=1S/C21H22ClN3O3.C16H23ClN2O3.C11H15ClN2O.C10H9NO3.C9H18N2O2.C6H5Cl2NO.C2HF3O/c1-3-20(26)24-16-6-4-15(5-7-16)21(27)25-9-8-14(13-25)10-17-11-19(28-2)18(22)12-23-17;1-16(2,3)22-15(20)19-6-5-11(10-19)7-12-8-14(21-4)13(17)9-18-12;1-15-11-5-9(14-7-10(11)12)4-8-2-3-13-6-8;1-2-9(12)11-8-5-3-7(4-6-8)10(13)14;1-9(2,3)13-8(12)11-5-4-7(10)6-11;1-10-5-2-6(8)9-3-4(5)7;3-2(4,5)1-6/h3-7,11-12,14H,1,8-10,13H2,2H3,(H,24,26);8-9,11H,5-7,10H2,1-4H3;5,7-8,13H,2-4,6H2,1H3;2-6H,1H2,(H,11,12)(H,13,14);7H,4-6,10H2,1-3H3;2-3H,1H3;1H/t14-;11-;8-;;7-;;/m000.1../s1. The average Bonchev–Trinajstić information content (AvgIpc) is 1.67. The van der Waals surface area contributed by atoms with Crippen LogP contribution in [0, 0.1) is 17.8 Å². The Morgan fingerprint density at radius 3 is 1.26 bits per heavy atom. The largest absolute Gasteiger partial charge is 0.495 e. The molecule has 25 nitrogen and oxygen atoms in total. The van der Waals surface area contributed by atoms with Crippen molar-refractivity contribution in [3.8, 4) is 23.0 Å². The summed E-state index contributed by atoms with van der Waals surface area (Å²) in [6, 6.07) is 20.1. The van der Waals surface area contributed by atoms with Crippen LogP contribution in [0.2, 0.25) is 25.2 Å². The molecular weight excluding hydrogens is 1510 g/mol. The summed E-state index contributed by atoms with van der Waals surface area (Å²) in [7, 11) is 6.32. The van der Waals surface area contributed by atoms with E-state index in [1.807, 2.05) is 64.6 Å². The van der Waals surface area contributed by atoms with E-state index < -0.39 is 29.6 Å². The second kappa shape index (κ2) is 45.1. The van der Waals surface area contributed by atoms with Gasteiger partial charge < -0.3 is 69.9 Å². The highest BCUT2D eigenvalue weighted by atomic mass is 35.5. The van der Waals surface area contributed by atoms with Gasteiger partial charge in [0.2, 0.25) is 18.1 Å². The molecule has 8 heterocycles. The Hall–Kier alpha value is -9.03. The third-order valence-electron chi connectivity index (χ3n) is 15.6. The molecule has 0 bridgehead atoms. The molecule has 6 aromatic rings. The van der Waals surface area contributed by atoms with Crippen LogP contribution >= 0.6 is 58.0 Å². The zero-order valence-corrected chi connectivity index (χ0v) is 65.6. The fraction of sp³-hybridized carbons (Fsp3) is 0.427. The minimum absolute atomic E-state index is 0.00857. The second-order valence-corrected chi connectivity index (χ2v) is 28.5. The average molecular weight is 1610 g/mol. The number of carbonyl (C=O) groups is 7. The van der Waals surface area contributed by atoms with E-state index in [4.69, 9.17) is 102 Å². The van der Waals surface area contributed by atoms with Crippen LogP contribution in [0.25, 0.3) is 0 Å². The summed E-state index contributed by atoms with van der Waals surface area (Å²) in [4.78, 5) is 99.7. The molecule has 10 rings (SSSR count). The number of aromatic nitrogens is 4. The quantitative estimate of drug-likeness (QED) is 0.0341. The van der Waals surface area contributed by atoms with Crippen molar-refractivity contribution < 1.29 is 80.3 Å². The second-order valence-electron chi connectivity index (χ2n) is 26.5. The number of hydrogen-bond acceptors (Lipinski definition) is 19. The van der Waals surface area contributed by atoms with Gasteiger partial charge in [0.15, 0.2) is 0 Å². The number of hydrogen-bond donors (Lipinski definition) is 5. The maximum Gasteiger partial charge on any atom is 0.446 e. The number of nitrogens with one attached hydrogen (secondary N) is 3. The Kier molecular flexibility index (Phi) is 38.1. The lowest BCUT2D eigenvalue weighted by molar-refractivity contribution is -0.156. The van der Waals surface area contributed by atoms with E-state index in [1.54, 1.807) is 80.1 Å². The van der Waals surface area contributed by atoms with Gasteiger partial charge in [0, 0.05) is 122 Å². The van der Waals surface area contributed by atoms with E-state index in [9.17, 15) is 41.9 Å². The number of carboxylic acids is 1. The van der Waals surface area contributed by atoms with E-state index in [-0.39, 0.29) is 41.5 Å². The normalized spacial score (nSPS) is 16.2. The van der Waals surface area contributed by atoms with Gasteiger partial charge in [0.05, 0.1) is 40.2 Å². The van der Waals surface area contributed by atoms with Gasteiger partial charge in [-0.15, -0.1) is 0 Å². The number of halogens is 8. The molecule has 0 radical (unpaired) electrons. The van der Waals surface area contributed by atoms with Crippen molar-refractivity contribution in [1.82, 2.24) is 40.0 Å². The molecule has 4 aliphatic heterocycles. The van der Waals surface area contributed by atoms with Gasteiger partial charge in [-0.1, -0.05) is 71.2 Å². The zero-order valence-electron chi connectivity index (χ0n) is 61.8. The first-order valence-corrected chi connectivity index (χ1v) is 35.7. The molecule has 4 aliphatic rings. The first kappa shape index (κ1) is 91.4. The van der Waals surface area contributed by atoms with Crippen molar-refractivity contribution in [3.63, 3.8) is 0 Å². The van der Waals surface area contributed by atoms with Crippen molar-refractivity contribution in [1.29, 1.82) is 0 Å². The van der Waals surface area contributed by atoms with Gasteiger partial charge >= 0.3 is 24.3 Å². The number of alkyl halides is 3. The number of benzene rings is 2. The smallest absolute Gasteiger partial charge is 0.446 e. The minimum atomic E-state index is -4.64. The van der Waals surface area contributed by atoms with Gasteiger partial charge in [-0.2, -0.15) is 13.2 Å². The Bertz CT molecular complexity index is 3940. The molecular formula is C75H93Cl5F3N11O14. The highest BCUT2D eigenvalue weighted by molar-refractivity contribution is 6.33. The molecule has 4 saturated heterocycles. The lowest BCUT2D eigenvalue weighted by atomic mass is 10.0.